The zero-order valence-electron chi connectivity index (χ0n) is 11.8. The Morgan fingerprint density at radius 3 is 2.47 bits per heavy atom. The molecule has 1 unspecified atom stereocenters. The summed E-state index contributed by atoms with van der Waals surface area (Å²) in [5, 5.41) is 3.21. The highest BCUT2D eigenvalue weighted by molar-refractivity contribution is 5.85. The normalized spacial score (nSPS) is 24.5. The molecular formula is C14H27ClN2O2. The summed E-state index contributed by atoms with van der Waals surface area (Å²) < 4.78 is 5.35. The van der Waals surface area contributed by atoms with Crippen molar-refractivity contribution >= 4 is 18.3 Å². The SMILES string of the molecule is CC(NC(=O)C1(CN)CCOCC1)C1CCCC1.Cl. The number of amides is 1. The van der Waals surface area contributed by atoms with Crippen LogP contribution in [0.2, 0.25) is 0 Å². The number of halogens is 1. The number of hydrogen-bond donors (Lipinski definition) is 2. The third-order valence-electron chi connectivity index (χ3n) is 4.79. The number of nitrogens with two attached hydrogens (primary N) is 1. The Bertz CT molecular complexity index is 287. The van der Waals surface area contributed by atoms with Gasteiger partial charge in [0.2, 0.25) is 5.91 Å². The van der Waals surface area contributed by atoms with E-state index in [0.717, 1.165) is 12.8 Å². The second kappa shape index (κ2) is 7.46. The van der Waals surface area contributed by atoms with Gasteiger partial charge in [-0.25, -0.2) is 0 Å². The predicted octanol–water partition coefficient (Wildman–Crippen LogP) is 1.86. The average molecular weight is 291 g/mol. The van der Waals surface area contributed by atoms with Crippen LogP contribution in [0.25, 0.3) is 0 Å². The van der Waals surface area contributed by atoms with Crippen molar-refractivity contribution in [2.45, 2.75) is 51.5 Å². The predicted molar refractivity (Wildman–Crippen MR) is 78.4 cm³/mol. The first-order valence-corrected chi connectivity index (χ1v) is 7.27. The first-order valence-electron chi connectivity index (χ1n) is 7.27. The summed E-state index contributed by atoms with van der Waals surface area (Å²) >= 11 is 0. The molecule has 1 aliphatic heterocycles. The van der Waals surface area contributed by atoms with Gasteiger partial charge in [0.1, 0.15) is 0 Å². The summed E-state index contributed by atoms with van der Waals surface area (Å²) in [5.74, 6) is 0.802. The molecule has 1 aliphatic carbocycles. The molecule has 2 rings (SSSR count). The van der Waals surface area contributed by atoms with E-state index in [4.69, 9.17) is 10.5 Å². The Labute approximate surface area is 122 Å². The molecule has 112 valence electrons. The number of hydrogen-bond acceptors (Lipinski definition) is 3. The maximum Gasteiger partial charge on any atom is 0.227 e. The van der Waals surface area contributed by atoms with E-state index in [9.17, 15) is 4.79 Å². The van der Waals surface area contributed by atoms with Crippen molar-refractivity contribution in [1.82, 2.24) is 5.32 Å². The molecule has 5 heteroatoms. The van der Waals surface area contributed by atoms with Crippen molar-refractivity contribution < 1.29 is 9.53 Å². The van der Waals surface area contributed by atoms with Crippen molar-refractivity contribution in [3.8, 4) is 0 Å². The van der Waals surface area contributed by atoms with Gasteiger partial charge in [0.15, 0.2) is 0 Å². The van der Waals surface area contributed by atoms with Gasteiger partial charge in [0.05, 0.1) is 5.41 Å². The standard InChI is InChI=1S/C14H26N2O2.ClH/c1-11(12-4-2-3-5-12)16-13(17)14(10-15)6-8-18-9-7-14;/h11-12H,2-10,15H2,1H3,(H,16,17);1H. The molecule has 0 aromatic rings. The molecule has 1 atom stereocenters. The number of ether oxygens (including phenoxy) is 1. The number of nitrogens with one attached hydrogen (secondary N) is 1. The minimum absolute atomic E-state index is 0. The molecule has 2 aliphatic rings. The van der Waals surface area contributed by atoms with Gasteiger partial charge in [-0.2, -0.15) is 0 Å². The summed E-state index contributed by atoms with van der Waals surface area (Å²) in [5.41, 5.74) is 5.47. The van der Waals surface area contributed by atoms with Crippen LogP contribution in [0.3, 0.4) is 0 Å². The van der Waals surface area contributed by atoms with Crippen molar-refractivity contribution in [3.63, 3.8) is 0 Å². The zero-order valence-corrected chi connectivity index (χ0v) is 12.6. The van der Waals surface area contributed by atoms with Crippen LogP contribution >= 0.6 is 12.4 Å². The molecule has 1 saturated heterocycles. The molecule has 1 heterocycles. The molecule has 0 spiro atoms. The van der Waals surface area contributed by atoms with Crippen LogP contribution < -0.4 is 11.1 Å². The van der Waals surface area contributed by atoms with Crippen molar-refractivity contribution in [2.75, 3.05) is 19.8 Å². The van der Waals surface area contributed by atoms with Crippen molar-refractivity contribution in [3.05, 3.63) is 0 Å². The quantitative estimate of drug-likeness (QED) is 0.831. The van der Waals surface area contributed by atoms with Gasteiger partial charge >= 0.3 is 0 Å². The number of carbonyl (C=O) groups is 1. The van der Waals surface area contributed by atoms with Crippen LogP contribution in [0.1, 0.15) is 45.4 Å². The first-order chi connectivity index (χ1) is 8.68. The van der Waals surface area contributed by atoms with E-state index in [-0.39, 0.29) is 29.8 Å². The number of carbonyl (C=O) groups excluding carboxylic acids is 1. The Hall–Kier alpha value is -0.320. The Morgan fingerprint density at radius 2 is 1.95 bits per heavy atom. The van der Waals surface area contributed by atoms with Gasteiger partial charge in [0, 0.05) is 25.8 Å². The van der Waals surface area contributed by atoms with Crippen LogP contribution in [0.5, 0.6) is 0 Å². The van der Waals surface area contributed by atoms with Crippen molar-refractivity contribution in [1.29, 1.82) is 0 Å². The lowest BCUT2D eigenvalue weighted by Crippen LogP contribution is -2.52. The van der Waals surface area contributed by atoms with E-state index in [1.807, 2.05) is 0 Å². The lowest BCUT2D eigenvalue weighted by molar-refractivity contribution is -0.136. The van der Waals surface area contributed by atoms with Gasteiger partial charge in [-0.15, -0.1) is 12.4 Å². The largest absolute Gasteiger partial charge is 0.381 e. The van der Waals surface area contributed by atoms with Gasteiger partial charge in [0.25, 0.3) is 0 Å². The average Bonchev–Trinajstić information content (AvgIpc) is 2.93. The minimum Gasteiger partial charge on any atom is -0.381 e. The second-order valence-corrected chi connectivity index (χ2v) is 5.90. The summed E-state index contributed by atoms with van der Waals surface area (Å²) in [6.45, 7) is 3.88. The second-order valence-electron chi connectivity index (χ2n) is 5.90. The van der Waals surface area contributed by atoms with Crippen LogP contribution in [-0.4, -0.2) is 31.7 Å². The van der Waals surface area contributed by atoms with Crippen LogP contribution in [0, 0.1) is 11.3 Å². The fraction of sp³-hybridized carbons (Fsp3) is 0.929. The van der Waals surface area contributed by atoms with E-state index >= 15 is 0 Å². The third-order valence-corrected chi connectivity index (χ3v) is 4.79. The minimum atomic E-state index is -0.384. The summed E-state index contributed by atoms with van der Waals surface area (Å²) in [7, 11) is 0. The molecule has 19 heavy (non-hydrogen) atoms. The Balaban J connectivity index is 0.00000180. The van der Waals surface area contributed by atoms with Gasteiger partial charge in [-0.3, -0.25) is 4.79 Å². The van der Waals surface area contributed by atoms with Gasteiger partial charge < -0.3 is 15.8 Å². The highest BCUT2D eigenvalue weighted by atomic mass is 35.5. The van der Waals surface area contributed by atoms with E-state index in [2.05, 4.69) is 12.2 Å². The maximum absolute atomic E-state index is 12.5. The summed E-state index contributed by atoms with van der Waals surface area (Å²) in [6.07, 6.45) is 6.63. The van der Waals surface area contributed by atoms with E-state index in [0.29, 0.717) is 25.7 Å². The smallest absolute Gasteiger partial charge is 0.227 e. The monoisotopic (exact) mass is 290 g/mol. The molecule has 0 bridgehead atoms. The van der Waals surface area contributed by atoms with Crippen LogP contribution in [0.4, 0.5) is 0 Å². The third kappa shape index (κ3) is 3.83. The molecule has 2 fully saturated rings. The van der Waals surface area contributed by atoms with Crippen LogP contribution in [-0.2, 0) is 9.53 Å². The van der Waals surface area contributed by atoms with E-state index in [1.54, 1.807) is 0 Å². The molecule has 3 N–H and O–H groups in total. The highest BCUT2D eigenvalue weighted by Gasteiger charge is 2.39. The maximum atomic E-state index is 12.5. The first kappa shape index (κ1) is 16.7. The van der Waals surface area contributed by atoms with Gasteiger partial charge in [-0.1, -0.05) is 12.8 Å². The van der Waals surface area contributed by atoms with Crippen molar-refractivity contribution in [2.24, 2.45) is 17.1 Å². The Morgan fingerprint density at radius 1 is 1.37 bits per heavy atom. The lowest BCUT2D eigenvalue weighted by Gasteiger charge is -2.36. The molecule has 4 nitrogen and oxygen atoms in total. The molecule has 1 saturated carbocycles. The molecule has 0 aromatic heterocycles. The Kier molecular flexibility index (Phi) is 6.57. The molecule has 0 aromatic carbocycles. The lowest BCUT2D eigenvalue weighted by atomic mass is 9.79. The molecule has 1 amide bonds. The van der Waals surface area contributed by atoms with E-state index in [1.165, 1.54) is 25.7 Å². The van der Waals surface area contributed by atoms with Crippen LogP contribution in [0.15, 0.2) is 0 Å². The summed E-state index contributed by atoms with van der Waals surface area (Å²) in [6, 6.07) is 0.284. The highest BCUT2D eigenvalue weighted by Crippen LogP contribution is 2.31. The zero-order chi connectivity index (χ0) is 13.0. The molecular weight excluding hydrogens is 264 g/mol. The summed E-state index contributed by atoms with van der Waals surface area (Å²) in [4.78, 5) is 12.5. The fourth-order valence-electron chi connectivity index (χ4n) is 3.22. The number of rotatable bonds is 4. The fourth-order valence-corrected chi connectivity index (χ4v) is 3.22. The van der Waals surface area contributed by atoms with E-state index < -0.39 is 0 Å². The van der Waals surface area contributed by atoms with Gasteiger partial charge in [-0.05, 0) is 38.5 Å². The topological polar surface area (TPSA) is 64.4 Å². The molecule has 0 radical (unpaired) electrons.